The van der Waals surface area contributed by atoms with Gasteiger partial charge in [-0.1, -0.05) is 17.8 Å². The van der Waals surface area contributed by atoms with Gasteiger partial charge in [0.15, 0.2) is 5.17 Å². The zero-order valence-corrected chi connectivity index (χ0v) is 7.97. The Hall–Kier alpha value is -0.810. The first-order valence-electron chi connectivity index (χ1n) is 3.62. The highest BCUT2D eigenvalue weighted by Gasteiger charge is 1.92. The number of rotatable bonds is 4. The molecule has 0 heterocycles. The molecule has 0 aliphatic rings. The van der Waals surface area contributed by atoms with Gasteiger partial charge in [-0.05, 0) is 6.92 Å². The summed E-state index contributed by atoms with van der Waals surface area (Å²) < 4.78 is 0. The molecule has 4 nitrogen and oxygen atoms in total. The van der Waals surface area contributed by atoms with E-state index in [0.717, 1.165) is 17.5 Å². The summed E-state index contributed by atoms with van der Waals surface area (Å²) in [5.41, 5.74) is 2.32. The van der Waals surface area contributed by atoms with Gasteiger partial charge in [-0.15, -0.1) is 6.58 Å². The van der Waals surface area contributed by atoms with Crippen LogP contribution in [-0.4, -0.2) is 23.8 Å². The fraction of sp³-hybridized carbons (Fsp3) is 0.429. The molecule has 0 fully saturated rings. The van der Waals surface area contributed by atoms with Crippen molar-refractivity contribution in [3.63, 3.8) is 0 Å². The second kappa shape index (κ2) is 8.29. The molecule has 0 aromatic heterocycles. The normalized spacial score (nSPS) is 12.0. The number of nitrogens with one attached hydrogen (secondary N) is 1. The lowest BCUT2D eigenvalue weighted by Crippen LogP contribution is -2.19. The largest absolute Gasteiger partial charge is 0.315 e. The molecule has 5 heteroatoms. The minimum atomic E-state index is 0.718. The van der Waals surface area contributed by atoms with Crippen molar-refractivity contribution in [2.75, 3.05) is 12.3 Å². The molecule has 0 rings (SSSR count). The number of thioether (sulfide) groups is 1. The molecule has 0 saturated heterocycles. The number of hydrogen-bond donors (Lipinski definition) is 2. The fourth-order valence-electron chi connectivity index (χ4n) is 0.485. The smallest absolute Gasteiger partial charge is 0.184 e. The third-order valence-corrected chi connectivity index (χ3v) is 1.77. The number of nitrogens with two attached hydrogens (primary N) is 1. The average molecular weight is 186 g/mol. The topological polar surface area (TPSA) is 62.8 Å². The van der Waals surface area contributed by atoms with Crippen LogP contribution in [0.5, 0.6) is 0 Å². The third-order valence-electron chi connectivity index (χ3n) is 0.873. The van der Waals surface area contributed by atoms with Crippen LogP contribution in [0.15, 0.2) is 22.6 Å². The van der Waals surface area contributed by atoms with Crippen molar-refractivity contribution in [2.45, 2.75) is 6.92 Å². The summed E-state index contributed by atoms with van der Waals surface area (Å²) in [5.74, 6) is 5.82. The zero-order chi connectivity index (χ0) is 9.23. The minimum absolute atomic E-state index is 0.718. The molecule has 0 aliphatic heterocycles. The van der Waals surface area contributed by atoms with Crippen LogP contribution in [0, 0.1) is 0 Å². The summed E-state index contributed by atoms with van der Waals surface area (Å²) in [6, 6.07) is 0. The second-order valence-corrected chi connectivity index (χ2v) is 2.77. The highest BCUT2D eigenvalue weighted by Crippen LogP contribution is 2.04. The molecule has 12 heavy (non-hydrogen) atoms. The Morgan fingerprint density at radius 1 is 1.75 bits per heavy atom. The van der Waals surface area contributed by atoms with Gasteiger partial charge in [0.05, 0.1) is 0 Å². The number of hydrazine groups is 1. The van der Waals surface area contributed by atoms with Crippen molar-refractivity contribution < 1.29 is 0 Å². The molecular formula is C7H14N4S. The van der Waals surface area contributed by atoms with Crippen LogP contribution in [0.4, 0.5) is 0 Å². The molecule has 0 bridgehead atoms. The Kier molecular flexibility index (Phi) is 7.73. The van der Waals surface area contributed by atoms with Gasteiger partial charge in [-0.3, -0.25) is 4.99 Å². The summed E-state index contributed by atoms with van der Waals surface area (Å²) in [4.78, 5) is 8.11. The van der Waals surface area contributed by atoms with Gasteiger partial charge >= 0.3 is 0 Å². The highest BCUT2D eigenvalue weighted by atomic mass is 32.2. The van der Waals surface area contributed by atoms with Crippen LogP contribution >= 0.6 is 11.8 Å². The lowest BCUT2D eigenvalue weighted by Gasteiger charge is -1.96. The fourth-order valence-corrected chi connectivity index (χ4v) is 1.10. The molecule has 68 valence electrons. The van der Waals surface area contributed by atoms with E-state index in [1.54, 1.807) is 6.08 Å². The molecule has 0 amide bonds. The van der Waals surface area contributed by atoms with Crippen molar-refractivity contribution in [2.24, 2.45) is 15.8 Å². The number of aliphatic imine (C=N–C) groups is 2. The maximum atomic E-state index is 5.02. The number of nitrogens with zero attached hydrogens (tertiary/aromatic N) is 2. The molecule has 0 aromatic carbocycles. The molecule has 0 saturated carbocycles. The Labute approximate surface area is 77.0 Å². The van der Waals surface area contributed by atoms with E-state index in [2.05, 4.69) is 22.0 Å². The third kappa shape index (κ3) is 5.94. The van der Waals surface area contributed by atoms with E-state index in [4.69, 9.17) is 5.84 Å². The first kappa shape index (κ1) is 11.2. The predicted octanol–water partition coefficient (Wildman–Crippen LogP) is 0.773. The lowest BCUT2D eigenvalue weighted by atomic mass is 10.8. The van der Waals surface area contributed by atoms with E-state index in [1.807, 2.05) is 6.92 Å². The Balaban J connectivity index is 3.94. The van der Waals surface area contributed by atoms with Gasteiger partial charge in [-0.25, -0.2) is 10.8 Å². The van der Waals surface area contributed by atoms with E-state index in [-0.39, 0.29) is 0 Å². The number of amidine groups is 1. The van der Waals surface area contributed by atoms with E-state index < -0.39 is 0 Å². The van der Waals surface area contributed by atoms with Crippen LogP contribution < -0.4 is 11.3 Å². The van der Waals surface area contributed by atoms with Crippen molar-refractivity contribution in [1.29, 1.82) is 0 Å². The molecule has 3 N–H and O–H groups in total. The van der Waals surface area contributed by atoms with Gasteiger partial charge < -0.3 is 5.43 Å². The van der Waals surface area contributed by atoms with Crippen molar-refractivity contribution in [1.82, 2.24) is 5.43 Å². The summed E-state index contributed by atoms with van der Waals surface area (Å²) in [6.45, 7) is 6.29. The molecule has 0 aliphatic carbocycles. The number of hydrogen-bond acceptors (Lipinski definition) is 3. The van der Waals surface area contributed by atoms with E-state index in [0.29, 0.717) is 0 Å². The monoisotopic (exact) mass is 186 g/mol. The minimum Gasteiger partial charge on any atom is -0.315 e. The summed E-state index contributed by atoms with van der Waals surface area (Å²) >= 11 is 1.52. The first-order valence-corrected chi connectivity index (χ1v) is 4.60. The van der Waals surface area contributed by atoms with Crippen molar-refractivity contribution in [3.05, 3.63) is 12.7 Å². The Morgan fingerprint density at radius 3 is 3.00 bits per heavy atom. The van der Waals surface area contributed by atoms with Crippen molar-refractivity contribution >= 4 is 23.3 Å². The Bertz CT molecular complexity index is 176. The van der Waals surface area contributed by atoms with Crippen LogP contribution in [0.25, 0.3) is 0 Å². The molecule has 0 atom stereocenters. The maximum Gasteiger partial charge on any atom is 0.184 e. The SMILES string of the molecule is C=CCSC(=NCC)/N=C/NN. The second-order valence-electron chi connectivity index (χ2n) is 1.78. The van der Waals surface area contributed by atoms with Crippen LogP contribution in [0.3, 0.4) is 0 Å². The van der Waals surface area contributed by atoms with Gasteiger partial charge in [0.25, 0.3) is 0 Å². The summed E-state index contributed by atoms with van der Waals surface area (Å²) in [5, 5.41) is 0.718. The van der Waals surface area contributed by atoms with Crippen molar-refractivity contribution in [3.8, 4) is 0 Å². The van der Waals surface area contributed by atoms with Gasteiger partial charge in [-0.2, -0.15) is 0 Å². The maximum absolute atomic E-state index is 5.02. The quantitative estimate of drug-likeness (QED) is 0.224. The molecule has 0 aromatic rings. The van der Waals surface area contributed by atoms with E-state index in [1.165, 1.54) is 18.1 Å². The molecule has 0 unspecified atom stereocenters. The summed E-state index contributed by atoms with van der Waals surface area (Å²) in [7, 11) is 0. The lowest BCUT2D eigenvalue weighted by molar-refractivity contribution is 1.05. The highest BCUT2D eigenvalue weighted by molar-refractivity contribution is 8.14. The van der Waals surface area contributed by atoms with E-state index in [9.17, 15) is 0 Å². The van der Waals surface area contributed by atoms with Crippen LogP contribution in [0.1, 0.15) is 6.92 Å². The zero-order valence-electron chi connectivity index (χ0n) is 7.16. The van der Waals surface area contributed by atoms with Crippen LogP contribution in [-0.2, 0) is 0 Å². The van der Waals surface area contributed by atoms with E-state index >= 15 is 0 Å². The van der Waals surface area contributed by atoms with Gasteiger partial charge in [0.1, 0.15) is 6.34 Å². The van der Waals surface area contributed by atoms with Crippen LogP contribution in [0.2, 0.25) is 0 Å². The predicted molar refractivity (Wildman–Crippen MR) is 56.4 cm³/mol. The first-order chi connectivity index (χ1) is 5.85. The summed E-state index contributed by atoms with van der Waals surface area (Å²) in [6.07, 6.45) is 3.21. The standard InChI is InChI=1S/C7H14N4S/c1-3-5-12-7(9-4-2)10-6-11-8/h3,6H,1,4-5,8H2,2H3,(H,9,10,11). The molecule has 0 radical (unpaired) electrons. The average Bonchev–Trinajstić information content (AvgIpc) is 2.10. The van der Waals surface area contributed by atoms with Gasteiger partial charge in [0, 0.05) is 12.3 Å². The van der Waals surface area contributed by atoms with Gasteiger partial charge in [0.2, 0.25) is 0 Å². The molecule has 0 spiro atoms. The molecular weight excluding hydrogens is 172 g/mol. The Morgan fingerprint density at radius 2 is 2.50 bits per heavy atom.